The van der Waals surface area contributed by atoms with Crippen molar-refractivity contribution in [3.63, 3.8) is 0 Å². The summed E-state index contributed by atoms with van der Waals surface area (Å²) >= 11 is 2.20. The van der Waals surface area contributed by atoms with Gasteiger partial charge in [0.2, 0.25) is 11.8 Å². The van der Waals surface area contributed by atoms with Gasteiger partial charge in [-0.2, -0.15) is 0 Å². The lowest BCUT2D eigenvalue weighted by Crippen LogP contribution is -2.53. The summed E-state index contributed by atoms with van der Waals surface area (Å²) < 4.78 is 5.92. The largest absolute Gasteiger partial charge is 0.467 e. The molecule has 2 rings (SSSR count). The third-order valence-electron chi connectivity index (χ3n) is 4.13. The van der Waals surface area contributed by atoms with Crippen molar-refractivity contribution in [1.29, 1.82) is 0 Å². The van der Waals surface area contributed by atoms with E-state index in [1.165, 1.54) is 14.0 Å². The summed E-state index contributed by atoms with van der Waals surface area (Å²) in [6, 6.07) is 15.4. The second-order valence-corrected chi connectivity index (χ2v) is 7.60. The second-order valence-electron chi connectivity index (χ2n) is 6.36. The molecule has 0 spiro atoms. The molecule has 2 N–H and O–H groups in total. The molecule has 28 heavy (non-hydrogen) atoms. The van der Waals surface area contributed by atoms with E-state index in [0.717, 1.165) is 14.7 Å². The van der Waals surface area contributed by atoms with E-state index in [4.69, 9.17) is 4.74 Å². The fourth-order valence-corrected chi connectivity index (χ4v) is 3.13. The Bertz CT molecular complexity index is 809. The Kier molecular flexibility index (Phi) is 8.43. The minimum absolute atomic E-state index is 0.299. The van der Waals surface area contributed by atoms with Gasteiger partial charge in [0.25, 0.3) is 0 Å². The fraction of sp³-hybridized carbons (Fsp3) is 0.286. The Morgan fingerprint density at radius 3 is 2.04 bits per heavy atom. The molecule has 0 aliphatic heterocycles. The standard InChI is InChI=1S/C21H23IN2O4/c1-14(25)23-18(12-15-6-4-3-5-7-15)20(26)24-19(21(27)28-2)13-16-8-10-17(22)11-9-16/h3-11,18-19H,12-13H2,1-2H3,(H,23,25)(H,24,26)/t18-,19-/m1/s1. The maximum Gasteiger partial charge on any atom is 0.328 e. The Balaban J connectivity index is 2.14. The monoisotopic (exact) mass is 494 g/mol. The molecule has 2 atom stereocenters. The Labute approximate surface area is 178 Å². The molecule has 6 nitrogen and oxygen atoms in total. The topological polar surface area (TPSA) is 84.5 Å². The zero-order chi connectivity index (χ0) is 20.5. The number of esters is 1. The highest BCUT2D eigenvalue weighted by molar-refractivity contribution is 14.1. The molecule has 0 heterocycles. The van der Waals surface area contributed by atoms with Gasteiger partial charge in [0.15, 0.2) is 0 Å². The quantitative estimate of drug-likeness (QED) is 0.436. The Morgan fingerprint density at radius 1 is 0.893 bits per heavy atom. The highest BCUT2D eigenvalue weighted by atomic mass is 127. The summed E-state index contributed by atoms with van der Waals surface area (Å²) in [7, 11) is 1.28. The summed E-state index contributed by atoms with van der Waals surface area (Å²) in [5.74, 6) is -1.28. The SMILES string of the molecule is COC(=O)[C@@H](Cc1ccc(I)cc1)NC(=O)[C@@H](Cc1ccccc1)NC(C)=O. The average molecular weight is 494 g/mol. The number of benzene rings is 2. The predicted octanol–water partition coefficient (Wildman–Crippen LogP) is 2.24. The lowest BCUT2D eigenvalue weighted by Gasteiger charge is -2.22. The Morgan fingerprint density at radius 2 is 1.46 bits per heavy atom. The van der Waals surface area contributed by atoms with Crippen molar-refractivity contribution >= 4 is 40.4 Å². The number of methoxy groups -OCH3 is 1. The predicted molar refractivity (Wildman–Crippen MR) is 115 cm³/mol. The van der Waals surface area contributed by atoms with E-state index in [9.17, 15) is 14.4 Å². The van der Waals surface area contributed by atoms with Crippen LogP contribution in [0.15, 0.2) is 54.6 Å². The fourth-order valence-electron chi connectivity index (χ4n) is 2.77. The van der Waals surface area contributed by atoms with Gasteiger partial charge in [-0.1, -0.05) is 42.5 Å². The number of carbonyl (C=O) groups is 3. The first kappa shape index (κ1) is 21.9. The molecule has 2 aromatic rings. The minimum atomic E-state index is -0.843. The minimum Gasteiger partial charge on any atom is -0.467 e. The van der Waals surface area contributed by atoms with Gasteiger partial charge in [0.05, 0.1) is 7.11 Å². The van der Waals surface area contributed by atoms with Crippen molar-refractivity contribution in [2.75, 3.05) is 7.11 Å². The molecule has 148 valence electrons. The van der Waals surface area contributed by atoms with E-state index in [-0.39, 0.29) is 5.91 Å². The number of carbonyl (C=O) groups excluding carboxylic acids is 3. The van der Waals surface area contributed by atoms with Crippen molar-refractivity contribution in [1.82, 2.24) is 10.6 Å². The Hall–Kier alpha value is -2.42. The van der Waals surface area contributed by atoms with E-state index in [1.807, 2.05) is 54.6 Å². The van der Waals surface area contributed by atoms with Gasteiger partial charge < -0.3 is 15.4 Å². The number of hydrogen-bond donors (Lipinski definition) is 2. The maximum absolute atomic E-state index is 12.8. The molecular formula is C21H23IN2O4. The van der Waals surface area contributed by atoms with Crippen molar-refractivity contribution in [2.45, 2.75) is 31.8 Å². The number of hydrogen-bond acceptors (Lipinski definition) is 4. The molecule has 0 aliphatic rings. The molecule has 0 bridgehead atoms. The van der Waals surface area contributed by atoms with Gasteiger partial charge in [0.1, 0.15) is 12.1 Å². The molecule has 0 aliphatic carbocycles. The molecule has 0 fully saturated rings. The molecule has 2 amide bonds. The smallest absolute Gasteiger partial charge is 0.328 e. The second kappa shape index (κ2) is 10.8. The van der Waals surface area contributed by atoms with Crippen LogP contribution in [0.25, 0.3) is 0 Å². The van der Waals surface area contributed by atoms with E-state index < -0.39 is 24.0 Å². The summed E-state index contributed by atoms with van der Waals surface area (Å²) in [6.45, 7) is 1.36. The maximum atomic E-state index is 12.8. The van der Waals surface area contributed by atoms with E-state index in [2.05, 4.69) is 33.2 Å². The van der Waals surface area contributed by atoms with Crippen LogP contribution in [0.1, 0.15) is 18.1 Å². The summed E-state index contributed by atoms with van der Waals surface area (Å²) in [6.07, 6.45) is 0.622. The molecule has 7 heteroatoms. The third-order valence-corrected chi connectivity index (χ3v) is 4.85. The molecule has 0 radical (unpaired) electrons. The lowest BCUT2D eigenvalue weighted by molar-refractivity contribution is -0.145. The first-order chi connectivity index (χ1) is 13.4. The van der Waals surface area contributed by atoms with Crippen LogP contribution < -0.4 is 10.6 Å². The molecule has 0 unspecified atom stereocenters. The van der Waals surface area contributed by atoms with Crippen LogP contribution in [0.3, 0.4) is 0 Å². The number of nitrogens with one attached hydrogen (secondary N) is 2. The van der Waals surface area contributed by atoms with E-state index in [1.54, 1.807) is 0 Å². The van der Waals surface area contributed by atoms with Gasteiger partial charge in [0, 0.05) is 23.3 Å². The number of rotatable bonds is 8. The van der Waals surface area contributed by atoms with Gasteiger partial charge in [-0.3, -0.25) is 9.59 Å². The van der Waals surface area contributed by atoms with Crippen molar-refractivity contribution < 1.29 is 19.1 Å². The van der Waals surface area contributed by atoms with Gasteiger partial charge in [-0.05, 0) is 45.9 Å². The highest BCUT2D eigenvalue weighted by Gasteiger charge is 2.27. The zero-order valence-electron chi connectivity index (χ0n) is 15.8. The van der Waals surface area contributed by atoms with Crippen LogP contribution in [0.2, 0.25) is 0 Å². The zero-order valence-corrected chi connectivity index (χ0v) is 17.9. The summed E-state index contributed by atoms with van der Waals surface area (Å²) in [4.78, 5) is 36.6. The van der Waals surface area contributed by atoms with E-state index >= 15 is 0 Å². The molecular weight excluding hydrogens is 471 g/mol. The lowest BCUT2D eigenvalue weighted by atomic mass is 10.0. The number of ether oxygens (including phenoxy) is 1. The van der Waals surface area contributed by atoms with Crippen molar-refractivity contribution in [2.24, 2.45) is 0 Å². The summed E-state index contributed by atoms with van der Waals surface area (Å²) in [5, 5.41) is 5.38. The van der Waals surface area contributed by atoms with Crippen molar-refractivity contribution in [3.8, 4) is 0 Å². The number of amides is 2. The van der Waals surface area contributed by atoms with Crippen LogP contribution in [0.5, 0.6) is 0 Å². The van der Waals surface area contributed by atoms with Crippen LogP contribution in [-0.2, 0) is 32.0 Å². The van der Waals surface area contributed by atoms with Gasteiger partial charge in [-0.15, -0.1) is 0 Å². The van der Waals surface area contributed by atoms with Crippen LogP contribution in [0.4, 0.5) is 0 Å². The van der Waals surface area contributed by atoms with Crippen molar-refractivity contribution in [3.05, 3.63) is 69.3 Å². The van der Waals surface area contributed by atoms with Gasteiger partial charge >= 0.3 is 5.97 Å². The molecule has 0 saturated carbocycles. The average Bonchev–Trinajstić information content (AvgIpc) is 2.68. The molecule has 0 aromatic heterocycles. The van der Waals surface area contributed by atoms with Crippen LogP contribution in [-0.4, -0.2) is 37.0 Å². The van der Waals surface area contributed by atoms with E-state index in [0.29, 0.717) is 12.8 Å². The van der Waals surface area contributed by atoms with Crippen LogP contribution >= 0.6 is 22.6 Å². The number of halogens is 1. The summed E-state index contributed by atoms with van der Waals surface area (Å²) in [5.41, 5.74) is 1.80. The first-order valence-electron chi connectivity index (χ1n) is 8.82. The van der Waals surface area contributed by atoms with Crippen LogP contribution in [0, 0.1) is 3.57 Å². The third kappa shape index (κ3) is 6.95. The molecule has 2 aromatic carbocycles. The van der Waals surface area contributed by atoms with Gasteiger partial charge in [-0.25, -0.2) is 4.79 Å². The molecule has 0 saturated heterocycles. The normalized spacial score (nSPS) is 12.5. The first-order valence-corrected chi connectivity index (χ1v) is 9.90. The highest BCUT2D eigenvalue weighted by Crippen LogP contribution is 2.10.